The van der Waals surface area contributed by atoms with Gasteiger partial charge in [-0.25, -0.2) is 4.79 Å². The van der Waals surface area contributed by atoms with Gasteiger partial charge in [0.2, 0.25) is 0 Å². The molecule has 116 valence electrons. The third-order valence-corrected chi connectivity index (χ3v) is 3.16. The van der Waals surface area contributed by atoms with Crippen LogP contribution in [0.25, 0.3) is 0 Å². The lowest BCUT2D eigenvalue weighted by atomic mass is 10.1. The normalized spacial score (nSPS) is 11.8. The largest absolute Gasteiger partial charge is 0.450 e. The highest BCUT2D eigenvalue weighted by Gasteiger charge is 2.16. The Morgan fingerprint density at radius 3 is 2.29 bits per heavy atom. The smallest absolute Gasteiger partial charge is 0.414 e. The molecule has 0 aliphatic heterocycles. The molecule has 1 aromatic rings. The lowest BCUT2D eigenvalue weighted by molar-refractivity contribution is -0.904. The van der Waals surface area contributed by atoms with E-state index in [-0.39, 0.29) is 19.1 Å². The minimum atomic E-state index is -0.677. The van der Waals surface area contributed by atoms with Crippen LogP contribution in [0.15, 0.2) is 18.2 Å². The van der Waals surface area contributed by atoms with E-state index in [4.69, 9.17) is 4.74 Å². The van der Waals surface area contributed by atoms with Crippen molar-refractivity contribution >= 4 is 12.0 Å². The summed E-state index contributed by atoms with van der Waals surface area (Å²) in [6.07, 6.45) is -0.677. The molecule has 21 heavy (non-hydrogen) atoms. The van der Waals surface area contributed by atoms with Crippen LogP contribution in [0.2, 0.25) is 0 Å². The summed E-state index contributed by atoms with van der Waals surface area (Å²) < 4.78 is 4.70. The van der Waals surface area contributed by atoms with E-state index in [0.717, 1.165) is 18.0 Å². The summed E-state index contributed by atoms with van der Waals surface area (Å²) in [7, 11) is 0. The Morgan fingerprint density at radius 2 is 1.76 bits per heavy atom. The molecule has 1 unspecified atom stereocenters. The SMILES string of the molecule is CCOC(=O)NC(=O)C[NH+](CC)Cc1cc(C)cc(C)c1. The van der Waals surface area contributed by atoms with E-state index in [1.807, 2.05) is 6.92 Å². The average molecular weight is 293 g/mol. The molecule has 2 N–H and O–H groups in total. The van der Waals surface area contributed by atoms with Crippen molar-refractivity contribution in [3.63, 3.8) is 0 Å². The van der Waals surface area contributed by atoms with Crippen LogP contribution in [0.3, 0.4) is 0 Å². The van der Waals surface area contributed by atoms with E-state index < -0.39 is 6.09 Å². The van der Waals surface area contributed by atoms with E-state index in [0.29, 0.717) is 0 Å². The van der Waals surface area contributed by atoms with Crippen molar-refractivity contribution in [1.29, 1.82) is 0 Å². The molecule has 5 nitrogen and oxygen atoms in total. The van der Waals surface area contributed by atoms with E-state index in [1.165, 1.54) is 16.7 Å². The molecule has 0 aliphatic rings. The number of likely N-dealkylation sites (N-methyl/N-ethyl adjacent to an activating group) is 1. The first-order chi connectivity index (χ1) is 9.94. The second-order valence-electron chi connectivity index (χ2n) is 5.22. The maximum atomic E-state index is 11.8. The van der Waals surface area contributed by atoms with Gasteiger partial charge in [0.25, 0.3) is 5.91 Å². The first kappa shape index (κ1) is 17.2. The Hall–Kier alpha value is -1.88. The number of ether oxygens (including phenoxy) is 1. The number of carbonyl (C=O) groups excluding carboxylic acids is 2. The monoisotopic (exact) mass is 293 g/mol. The van der Waals surface area contributed by atoms with Gasteiger partial charge in [0.1, 0.15) is 6.54 Å². The van der Waals surface area contributed by atoms with Gasteiger partial charge >= 0.3 is 6.09 Å². The third kappa shape index (κ3) is 6.40. The molecule has 1 atom stereocenters. The molecule has 1 aromatic carbocycles. The van der Waals surface area contributed by atoms with E-state index in [1.54, 1.807) is 6.92 Å². The molecular weight excluding hydrogens is 268 g/mol. The van der Waals surface area contributed by atoms with Gasteiger partial charge in [0.15, 0.2) is 6.54 Å². The van der Waals surface area contributed by atoms with Crippen molar-refractivity contribution in [3.05, 3.63) is 34.9 Å². The number of carbonyl (C=O) groups is 2. The van der Waals surface area contributed by atoms with Crippen molar-refractivity contribution in [3.8, 4) is 0 Å². The number of amides is 2. The highest BCUT2D eigenvalue weighted by molar-refractivity contribution is 5.92. The van der Waals surface area contributed by atoms with Gasteiger partial charge in [-0.15, -0.1) is 0 Å². The van der Waals surface area contributed by atoms with Crippen LogP contribution in [0.1, 0.15) is 30.5 Å². The van der Waals surface area contributed by atoms with Crippen molar-refractivity contribution < 1.29 is 19.2 Å². The maximum Gasteiger partial charge on any atom is 0.414 e. The van der Waals surface area contributed by atoms with Crippen LogP contribution in [-0.2, 0) is 16.1 Å². The number of hydrogen-bond donors (Lipinski definition) is 2. The summed E-state index contributed by atoms with van der Waals surface area (Å²) in [4.78, 5) is 24.1. The van der Waals surface area contributed by atoms with Crippen LogP contribution in [0, 0.1) is 13.8 Å². The number of hydrogen-bond acceptors (Lipinski definition) is 3. The molecule has 0 aliphatic carbocycles. The first-order valence-electron chi connectivity index (χ1n) is 7.32. The molecule has 0 radical (unpaired) electrons. The second kappa shape index (κ2) is 8.42. The first-order valence-corrected chi connectivity index (χ1v) is 7.32. The van der Waals surface area contributed by atoms with Crippen LogP contribution < -0.4 is 10.2 Å². The summed E-state index contributed by atoms with van der Waals surface area (Å²) in [6, 6.07) is 6.39. The summed E-state index contributed by atoms with van der Waals surface area (Å²) >= 11 is 0. The Labute approximate surface area is 126 Å². The fourth-order valence-corrected chi connectivity index (χ4v) is 2.32. The molecule has 0 spiro atoms. The van der Waals surface area contributed by atoms with Gasteiger partial charge in [-0.3, -0.25) is 10.1 Å². The number of quaternary nitrogens is 1. The Morgan fingerprint density at radius 1 is 1.14 bits per heavy atom. The van der Waals surface area contributed by atoms with E-state index in [9.17, 15) is 9.59 Å². The lowest BCUT2D eigenvalue weighted by Crippen LogP contribution is -3.11. The predicted molar refractivity (Wildman–Crippen MR) is 81.2 cm³/mol. The highest BCUT2D eigenvalue weighted by Crippen LogP contribution is 2.07. The van der Waals surface area contributed by atoms with Crippen molar-refractivity contribution in [2.45, 2.75) is 34.2 Å². The number of rotatable bonds is 6. The van der Waals surface area contributed by atoms with Crippen molar-refractivity contribution in [2.75, 3.05) is 19.7 Å². The van der Waals surface area contributed by atoms with Gasteiger partial charge in [0, 0.05) is 5.56 Å². The predicted octanol–water partition coefficient (Wildman–Crippen LogP) is 0.981. The lowest BCUT2D eigenvalue weighted by Gasteiger charge is -2.17. The Kier molecular flexibility index (Phi) is 6.88. The fraction of sp³-hybridized carbons (Fsp3) is 0.500. The summed E-state index contributed by atoms with van der Waals surface area (Å²) in [5, 5.41) is 2.23. The maximum absolute atomic E-state index is 11.8. The molecule has 0 aromatic heterocycles. The Balaban J connectivity index is 2.58. The summed E-state index contributed by atoms with van der Waals surface area (Å²) in [5.74, 6) is -0.310. The summed E-state index contributed by atoms with van der Waals surface area (Å²) in [5.41, 5.74) is 3.64. The molecule has 5 heteroatoms. The number of benzene rings is 1. The number of alkyl carbamates (subject to hydrolysis) is 1. The van der Waals surface area contributed by atoms with E-state index in [2.05, 4.69) is 37.4 Å². The minimum absolute atomic E-state index is 0.252. The zero-order valence-electron chi connectivity index (χ0n) is 13.3. The van der Waals surface area contributed by atoms with Gasteiger partial charge in [-0.1, -0.05) is 29.3 Å². The quantitative estimate of drug-likeness (QED) is 0.822. The molecule has 0 saturated carbocycles. The van der Waals surface area contributed by atoms with Crippen LogP contribution in [0.4, 0.5) is 4.79 Å². The number of aryl methyl sites for hydroxylation is 2. The van der Waals surface area contributed by atoms with Crippen LogP contribution >= 0.6 is 0 Å². The number of nitrogens with one attached hydrogen (secondary N) is 2. The fourth-order valence-electron chi connectivity index (χ4n) is 2.32. The topological polar surface area (TPSA) is 59.8 Å². The second-order valence-corrected chi connectivity index (χ2v) is 5.22. The van der Waals surface area contributed by atoms with Crippen molar-refractivity contribution in [1.82, 2.24) is 5.32 Å². The molecule has 2 amide bonds. The van der Waals surface area contributed by atoms with Gasteiger partial charge in [-0.05, 0) is 27.7 Å². The molecule has 0 heterocycles. The summed E-state index contributed by atoms with van der Waals surface area (Å²) in [6.45, 7) is 9.93. The standard InChI is InChI=1S/C16H24N2O3/c1-5-18(11-15(19)17-16(20)21-6-2)10-14-8-12(3)7-13(4)9-14/h7-9H,5-6,10-11H2,1-4H3,(H,17,19,20)/p+1. The molecular formula is C16H25N2O3+. The van der Waals surface area contributed by atoms with Crippen molar-refractivity contribution in [2.24, 2.45) is 0 Å². The van der Waals surface area contributed by atoms with Gasteiger partial charge in [0.05, 0.1) is 13.2 Å². The molecule has 0 saturated heterocycles. The number of imide groups is 1. The van der Waals surface area contributed by atoms with Gasteiger partial charge in [-0.2, -0.15) is 0 Å². The third-order valence-electron chi connectivity index (χ3n) is 3.16. The zero-order chi connectivity index (χ0) is 15.8. The van der Waals surface area contributed by atoms with Gasteiger partial charge < -0.3 is 9.64 Å². The highest BCUT2D eigenvalue weighted by atomic mass is 16.5. The van der Waals surface area contributed by atoms with Crippen LogP contribution in [-0.4, -0.2) is 31.7 Å². The van der Waals surface area contributed by atoms with E-state index >= 15 is 0 Å². The molecule has 0 fully saturated rings. The van der Waals surface area contributed by atoms with Crippen LogP contribution in [0.5, 0.6) is 0 Å². The zero-order valence-corrected chi connectivity index (χ0v) is 13.3. The average Bonchev–Trinajstić information content (AvgIpc) is 2.36. The molecule has 0 bridgehead atoms. The minimum Gasteiger partial charge on any atom is -0.450 e. The Bertz CT molecular complexity index is 480. The molecule has 1 rings (SSSR count).